The Balaban J connectivity index is 3.35. The average molecular weight is 148 g/mol. The third kappa shape index (κ3) is 0.823. The molecule has 0 amide bonds. The molecule has 8 heavy (non-hydrogen) atoms. The lowest BCUT2D eigenvalue weighted by Gasteiger charge is -1.79. The predicted molar refractivity (Wildman–Crippen MR) is 35.6 cm³/mol. The van der Waals surface area contributed by atoms with Gasteiger partial charge in [0, 0.05) is 0 Å². The van der Waals surface area contributed by atoms with E-state index >= 15 is 0 Å². The summed E-state index contributed by atoms with van der Waals surface area (Å²) in [6, 6.07) is 0. The van der Waals surface area contributed by atoms with Gasteiger partial charge < -0.3 is 15.8 Å². The Bertz CT molecular complexity index is 215. The van der Waals surface area contributed by atoms with Crippen LogP contribution in [0, 0.1) is 3.95 Å². The van der Waals surface area contributed by atoms with Crippen LogP contribution in [0.4, 0.5) is 5.00 Å². The van der Waals surface area contributed by atoms with Gasteiger partial charge in [0.1, 0.15) is 5.00 Å². The molecule has 0 aliphatic carbocycles. The Labute approximate surface area is 54.8 Å². The second-order valence-electron chi connectivity index (χ2n) is 1.23. The maximum atomic E-state index is 8.70. The van der Waals surface area contributed by atoms with E-state index in [9.17, 15) is 0 Å². The summed E-state index contributed by atoms with van der Waals surface area (Å²) in [5.41, 5.74) is 5.21. The van der Waals surface area contributed by atoms with Gasteiger partial charge in [0.15, 0.2) is 3.95 Å². The van der Waals surface area contributed by atoms with Crippen molar-refractivity contribution in [3.05, 3.63) is 3.95 Å². The normalized spacial score (nSPS) is 9.50. The summed E-state index contributed by atoms with van der Waals surface area (Å²) in [6.07, 6.45) is 0. The van der Waals surface area contributed by atoms with Crippen LogP contribution >= 0.6 is 23.6 Å². The van der Waals surface area contributed by atoms with Crippen molar-refractivity contribution < 1.29 is 5.11 Å². The van der Waals surface area contributed by atoms with E-state index in [1.54, 1.807) is 0 Å². The zero-order valence-electron chi connectivity index (χ0n) is 3.84. The molecule has 0 radical (unpaired) electrons. The third-order valence-corrected chi connectivity index (χ3v) is 1.71. The molecule has 0 saturated carbocycles. The molecule has 0 atom stereocenters. The molecular weight excluding hydrogens is 144 g/mol. The lowest BCUT2D eigenvalue weighted by atomic mass is 10.8. The Hall–Kier alpha value is -0.550. The number of aromatic hydroxyl groups is 1. The van der Waals surface area contributed by atoms with Crippen molar-refractivity contribution in [2.45, 2.75) is 0 Å². The van der Waals surface area contributed by atoms with Crippen molar-refractivity contribution in [3.63, 3.8) is 0 Å². The minimum Gasteiger partial charge on any atom is -0.492 e. The summed E-state index contributed by atoms with van der Waals surface area (Å²) in [5, 5.41) is 9.05. The number of anilines is 1. The summed E-state index contributed by atoms with van der Waals surface area (Å²) < 4.78 is 0.500. The van der Waals surface area contributed by atoms with Gasteiger partial charge in [0.2, 0.25) is 5.88 Å². The van der Waals surface area contributed by atoms with Gasteiger partial charge in [-0.25, -0.2) is 0 Å². The van der Waals surface area contributed by atoms with Gasteiger partial charge >= 0.3 is 0 Å². The van der Waals surface area contributed by atoms with E-state index in [1.165, 1.54) is 0 Å². The first-order chi connectivity index (χ1) is 3.70. The van der Waals surface area contributed by atoms with Gasteiger partial charge in [-0.2, -0.15) is 0 Å². The molecule has 0 fully saturated rings. The Kier molecular flexibility index (Phi) is 1.22. The highest BCUT2D eigenvalue weighted by Crippen LogP contribution is 2.22. The second-order valence-corrected chi connectivity index (χ2v) is 2.95. The molecule has 0 spiro atoms. The molecular formula is C3H4N2OS2. The number of hydrogen-bond acceptors (Lipinski definition) is 4. The van der Waals surface area contributed by atoms with Crippen molar-refractivity contribution in [2.75, 3.05) is 5.73 Å². The summed E-state index contributed by atoms with van der Waals surface area (Å²) in [5.74, 6) is -0.0278. The molecule has 3 nitrogen and oxygen atoms in total. The van der Waals surface area contributed by atoms with E-state index in [0.29, 0.717) is 8.96 Å². The number of H-pyrrole nitrogens is 1. The van der Waals surface area contributed by atoms with Gasteiger partial charge in [0.05, 0.1) is 0 Å². The SMILES string of the molecule is Nc1sc(=S)[nH]c1O. The maximum Gasteiger partial charge on any atom is 0.224 e. The van der Waals surface area contributed by atoms with Crippen molar-refractivity contribution in [2.24, 2.45) is 0 Å². The maximum absolute atomic E-state index is 8.70. The van der Waals surface area contributed by atoms with Crippen LogP contribution in [-0.4, -0.2) is 10.1 Å². The van der Waals surface area contributed by atoms with Gasteiger partial charge in [-0.15, -0.1) is 0 Å². The fraction of sp³-hybridized carbons (Fsp3) is 0. The van der Waals surface area contributed by atoms with Crippen LogP contribution in [0.3, 0.4) is 0 Å². The average Bonchev–Trinajstić information content (AvgIpc) is 1.85. The first kappa shape index (κ1) is 5.58. The van der Waals surface area contributed by atoms with Crippen LogP contribution in [0.5, 0.6) is 5.88 Å². The van der Waals surface area contributed by atoms with E-state index in [1.807, 2.05) is 0 Å². The third-order valence-electron chi connectivity index (χ3n) is 0.657. The van der Waals surface area contributed by atoms with Crippen molar-refractivity contribution in [3.8, 4) is 5.88 Å². The number of thiazole rings is 1. The molecule has 1 heterocycles. The Morgan fingerprint density at radius 2 is 2.38 bits per heavy atom. The molecule has 0 saturated heterocycles. The van der Waals surface area contributed by atoms with E-state index in [0.717, 1.165) is 11.3 Å². The summed E-state index contributed by atoms with van der Waals surface area (Å²) >= 11 is 5.80. The number of rotatable bonds is 0. The lowest BCUT2D eigenvalue weighted by molar-refractivity contribution is 0.459. The van der Waals surface area contributed by atoms with Gasteiger partial charge in [0.25, 0.3) is 0 Å². The van der Waals surface area contributed by atoms with Crippen LogP contribution in [0.1, 0.15) is 0 Å². The van der Waals surface area contributed by atoms with Crippen molar-refractivity contribution in [1.29, 1.82) is 0 Å². The summed E-state index contributed by atoms with van der Waals surface area (Å²) in [4.78, 5) is 2.47. The number of aromatic nitrogens is 1. The van der Waals surface area contributed by atoms with Crippen LogP contribution in [0.15, 0.2) is 0 Å². The van der Waals surface area contributed by atoms with Gasteiger partial charge in [-0.3, -0.25) is 0 Å². The topological polar surface area (TPSA) is 62.0 Å². The molecule has 1 rings (SSSR count). The fourth-order valence-electron chi connectivity index (χ4n) is 0.332. The fourth-order valence-corrected chi connectivity index (χ4v) is 1.19. The van der Waals surface area contributed by atoms with Crippen molar-refractivity contribution >= 4 is 28.6 Å². The molecule has 1 aromatic heterocycles. The van der Waals surface area contributed by atoms with E-state index in [4.69, 9.17) is 10.8 Å². The van der Waals surface area contributed by atoms with Gasteiger partial charge in [-0.1, -0.05) is 11.3 Å². The van der Waals surface area contributed by atoms with Crippen LogP contribution in [0.2, 0.25) is 0 Å². The molecule has 1 aromatic rings. The summed E-state index contributed by atoms with van der Waals surface area (Å²) in [6.45, 7) is 0. The van der Waals surface area contributed by atoms with E-state index in [-0.39, 0.29) is 5.88 Å². The highest BCUT2D eigenvalue weighted by Gasteiger charge is 1.95. The molecule has 0 aliphatic rings. The molecule has 44 valence electrons. The Morgan fingerprint density at radius 3 is 2.50 bits per heavy atom. The molecule has 5 heteroatoms. The molecule has 0 unspecified atom stereocenters. The minimum atomic E-state index is -0.0278. The summed E-state index contributed by atoms with van der Waals surface area (Å²) in [7, 11) is 0. The van der Waals surface area contributed by atoms with Crippen LogP contribution < -0.4 is 5.73 Å². The smallest absolute Gasteiger partial charge is 0.224 e. The lowest BCUT2D eigenvalue weighted by Crippen LogP contribution is -1.76. The first-order valence-corrected chi connectivity index (χ1v) is 3.10. The standard InChI is InChI=1S/C3H4N2OS2/c4-1-2(6)5-3(7)8-1/h6H,4H2,(H,5,7). The number of nitrogen functional groups attached to an aromatic ring is 1. The molecule has 0 aromatic carbocycles. The van der Waals surface area contributed by atoms with Crippen LogP contribution in [0.25, 0.3) is 0 Å². The largest absolute Gasteiger partial charge is 0.492 e. The highest BCUT2D eigenvalue weighted by molar-refractivity contribution is 7.73. The zero-order valence-corrected chi connectivity index (χ0v) is 5.47. The molecule has 4 N–H and O–H groups in total. The minimum absolute atomic E-state index is 0.0278. The van der Waals surface area contributed by atoms with E-state index in [2.05, 4.69) is 17.2 Å². The van der Waals surface area contributed by atoms with Gasteiger partial charge in [-0.05, 0) is 12.2 Å². The quantitative estimate of drug-likeness (QED) is 0.483. The zero-order chi connectivity index (χ0) is 6.15. The molecule has 0 bridgehead atoms. The predicted octanol–water partition coefficient (Wildman–Crippen LogP) is 1.09. The number of nitrogens with two attached hydrogens (primary N) is 1. The number of hydrogen-bond donors (Lipinski definition) is 3. The monoisotopic (exact) mass is 148 g/mol. The highest BCUT2D eigenvalue weighted by atomic mass is 32.1. The number of aromatic amines is 1. The number of nitrogens with one attached hydrogen (secondary N) is 1. The van der Waals surface area contributed by atoms with E-state index < -0.39 is 0 Å². The van der Waals surface area contributed by atoms with Crippen molar-refractivity contribution in [1.82, 2.24) is 4.98 Å². The van der Waals surface area contributed by atoms with Crippen LogP contribution in [-0.2, 0) is 0 Å². The molecule has 0 aliphatic heterocycles. The Morgan fingerprint density at radius 1 is 1.75 bits per heavy atom. The first-order valence-electron chi connectivity index (χ1n) is 1.87. The second kappa shape index (κ2) is 1.75.